The zero-order valence-electron chi connectivity index (χ0n) is 10.1. The molecule has 1 saturated carbocycles. The minimum absolute atomic E-state index is 0.139. The standard InChI is InChI=1S/C12H21NO3/c1-3-4-10(14)13-12(11(15)16)7-5-9(2)6-8-12/h9H,3-8H2,1-2H3,(H,13,14)(H,15,16). The lowest BCUT2D eigenvalue weighted by atomic mass is 9.77. The summed E-state index contributed by atoms with van der Waals surface area (Å²) in [6.45, 7) is 4.04. The molecule has 0 unspecified atom stereocenters. The molecule has 0 aliphatic heterocycles. The summed E-state index contributed by atoms with van der Waals surface area (Å²) in [5.74, 6) is -0.459. The van der Waals surface area contributed by atoms with Crippen LogP contribution in [0.4, 0.5) is 0 Å². The van der Waals surface area contributed by atoms with E-state index >= 15 is 0 Å². The topological polar surface area (TPSA) is 66.4 Å². The summed E-state index contributed by atoms with van der Waals surface area (Å²) in [5, 5.41) is 12.0. The maximum absolute atomic E-state index is 11.5. The highest BCUT2D eigenvalue weighted by molar-refractivity contribution is 5.87. The molecule has 0 heterocycles. The molecule has 1 fully saturated rings. The number of amides is 1. The molecule has 0 aromatic heterocycles. The van der Waals surface area contributed by atoms with Gasteiger partial charge in [-0.15, -0.1) is 0 Å². The Bertz CT molecular complexity index is 267. The van der Waals surface area contributed by atoms with Crippen LogP contribution in [-0.2, 0) is 9.59 Å². The number of carboxylic acid groups (broad SMARTS) is 1. The van der Waals surface area contributed by atoms with E-state index in [9.17, 15) is 14.7 Å². The van der Waals surface area contributed by atoms with Crippen molar-refractivity contribution in [1.82, 2.24) is 5.32 Å². The first kappa shape index (κ1) is 13.0. The van der Waals surface area contributed by atoms with E-state index in [1.807, 2.05) is 6.92 Å². The predicted molar refractivity (Wildman–Crippen MR) is 61.0 cm³/mol. The van der Waals surface area contributed by atoms with Gasteiger partial charge in [-0.25, -0.2) is 4.79 Å². The number of aliphatic carboxylic acids is 1. The van der Waals surface area contributed by atoms with Crippen LogP contribution in [0.25, 0.3) is 0 Å². The summed E-state index contributed by atoms with van der Waals surface area (Å²) < 4.78 is 0. The third kappa shape index (κ3) is 2.97. The Labute approximate surface area is 96.4 Å². The lowest BCUT2D eigenvalue weighted by Gasteiger charge is -2.36. The number of rotatable bonds is 4. The fourth-order valence-corrected chi connectivity index (χ4v) is 2.20. The average Bonchev–Trinajstić information content (AvgIpc) is 2.22. The third-order valence-electron chi connectivity index (χ3n) is 3.39. The minimum atomic E-state index is -1.00. The molecule has 4 nitrogen and oxygen atoms in total. The van der Waals surface area contributed by atoms with E-state index in [0.717, 1.165) is 19.3 Å². The van der Waals surface area contributed by atoms with E-state index in [0.29, 0.717) is 25.2 Å². The van der Waals surface area contributed by atoms with Crippen molar-refractivity contribution in [2.45, 2.75) is 57.9 Å². The number of hydrogen-bond donors (Lipinski definition) is 2. The lowest BCUT2D eigenvalue weighted by Crippen LogP contribution is -2.56. The lowest BCUT2D eigenvalue weighted by molar-refractivity contribution is -0.149. The quantitative estimate of drug-likeness (QED) is 0.771. The van der Waals surface area contributed by atoms with Gasteiger partial charge >= 0.3 is 5.97 Å². The van der Waals surface area contributed by atoms with Crippen molar-refractivity contribution in [3.8, 4) is 0 Å². The van der Waals surface area contributed by atoms with E-state index in [-0.39, 0.29) is 5.91 Å². The summed E-state index contributed by atoms with van der Waals surface area (Å²) in [6.07, 6.45) is 4.01. The van der Waals surface area contributed by atoms with Gasteiger partial charge in [-0.3, -0.25) is 4.79 Å². The summed E-state index contributed by atoms with van der Waals surface area (Å²) in [6, 6.07) is 0. The molecule has 1 aliphatic carbocycles. The number of carbonyl (C=O) groups excluding carboxylic acids is 1. The maximum Gasteiger partial charge on any atom is 0.329 e. The molecule has 0 atom stereocenters. The second-order valence-electron chi connectivity index (χ2n) is 4.87. The Balaban J connectivity index is 2.66. The first-order valence-electron chi connectivity index (χ1n) is 6.04. The van der Waals surface area contributed by atoms with E-state index < -0.39 is 11.5 Å². The molecule has 2 N–H and O–H groups in total. The van der Waals surface area contributed by atoms with Crippen LogP contribution in [0.3, 0.4) is 0 Å². The van der Waals surface area contributed by atoms with Gasteiger partial charge in [0.05, 0.1) is 0 Å². The highest BCUT2D eigenvalue weighted by atomic mass is 16.4. The molecule has 0 bridgehead atoms. The van der Waals surface area contributed by atoms with Crippen LogP contribution in [0.2, 0.25) is 0 Å². The molecule has 1 aliphatic rings. The summed E-state index contributed by atoms with van der Waals surface area (Å²) in [4.78, 5) is 22.8. The summed E-state index contributed by atoms with van der Waals surface area (Å²) in [7, 11) is 0. The molecule has 0 saturated heterocycles. The summed E-state index contributed by atoms with van der Waals surface area (Å²) >= 11 is 0. The van der Waals surface area contributed by atoms with Crippen molar-refractivity contribution in [2.24, 2.45) is 5.92 Å². The maximum atomic E-state index is 11.5. The van der Waals surface area contributed by atoms with E-state index in [2.05, 4.69) is 12.2 Å². The SMILES string of the molecule is CCCC(=O)NC1(C(=O)O)CCC(C)CC1. The van der Waals surface area contributed by atoms with Crippen LogP contribution in [0.1, 0.15) is 52.4 Å². The minimum Gasteiger partial charge on any atom is -0.480 e. The van der Waals surface area contributed by atoms with Crippen LogP contribution in [0.5, 0.6) is 0 Å². The highest BCUT2D eigenvalue weighted by Crippen LogP contribution is 2.32. The molecule has 0 radical (unpaired) electrons. The third-order valence-corrected chi connectivity index (χ3v) is 3.39. The number of hydrogen-bond acceptors (Lipinski definition) is 2. The van der Waals surface area contributed by atoms with Gasteiger partial charge in [0.15, 0.2) is 0 Å². The van der Waals surface area contributed by atoms with Crippen molar-refractivity contribution in [1.29, 1.82) is 0 Å². The Kier molecular flexibility index (Phi) is 4.33. The first-order valence-corrected chi connectivity index (χ1v) is 6.04. The summed E-state index contributed by atoms with van der Waals surface area (Å²) in [5.41, 5.74) is -1.00. The van der Waals surface area contributed by atoms with Gasteiger partial charge in [0.1, 0.15) is 5.54 Å². The zero-order valence-corrected chi connectivity index (χ0v) is 10.1. The van der Waals surface area contributed by atoms with Crippen LogP contribution in [0.15, 0.2) is 0 Å². The van der Waals surface area contributed by atoms with Crippen LogP contribution in [-0.4, -0.2) is 22.5 Å². The van der Waals surface area contributed by atoms with Crippen LogP contribution >= 0.6 is 0 Å². The molecule has 0 aromatic carbocycles. The number of carboxylic acids is 1. The molecular weight excluding hydrogens is 206 g/mol. The number of carbonyl (C=O) groups is 2. The second-order valence-corrected chi connectivity index (χ2v) is 4.87. The molecular formula is C12H21NO3. The van der Waals surface area contributed by atoms with Crippen molar-refractivity contribution in [3.05, 3.63) is 0 Å². The van der Waals surface area contributed by atoms with Crippen LogP contribution < -0.4 is 5.32 Å². The van der Waals surface area contributed by atoms with E-state index in [1.54, 1.807) is 0 Å². The highest BCUT2D eigenvalue weighted by Gasteiger charge is 2.42. The van der Waals surface area contributed by atoms with Crippen molar-refractivity contribution in [2.75, 3.05) is 0 Å². The van der Waals surface area contributed by atoms with Gasteiger partial charge in [-0.2, -0.15) is 0 Å². The molecule has 16 heavy (non-hydrogen) atoms. The van der Waals surface area contributed by atoms with Gasteiger partial charge in [0.25, 0.3) is 0 Å². The molecule has 1 amide bonds. The Morgan fingerprint density at radius 1 is 1.38 bits per heavy atom. The van der Waals surface area contributed by atoms with E-state index in [4.69, 9.17) is 0 Å². The molecule has 0 spiro atoms. The van der Waals surface area contributed by atoms with Gasteiger partial charge in [-0.05, 0) is 38.0 Å². The number of nitrogens with one attached hydrogen (secondary N) is 1. The van der Waals surface area contributed by atoms with Gasteiger partial charge in [-0.1, -0.05) is 13.8 Å². The van der Waals surface area contributed by atoms with E-state index in [1.165, 1.54) is 0 Å². The van der Waals surface area contributed by atoms with Gasteiger partial charge in [0.2, 0.25) is 5.91 Å². The van der Waals surface area contributed by atoms with Crippen molar-refractivity contribution >= 4 is 11.9 Å². The molecule has 1 rings (SSSR count). The van der Waals surface area contributed by atoms with Crippen LogP contribution in [0, 0.1) is 5.92 Å². The monoisotopic (exact) mass is 227 g/mol. The Morgan fingerprint density at radius 2 is 1.94 bits per heavy atom. The molecule has 0 aromatic rings. The Morgan fingerprint density at radius 3 is 2.38 bits per heavy atom. The fourth-order valence-electron chi connectivity index (χ4n) is 2.20. The average molecular weight is 227 g/mol. The van der Waals surface area contributed by atoms with Crippen molar-refractivity contribution < 1.29 is 14.7 Å². The molecule has 4 heteroatoms. The fraction of sp³-hybridized carbons (Fsp3) is 0.833. The Hall–Kier alpha value is -1.06. The van der Waals surface area contributed by atoms with Gasteiger partial charge in [0, 0.05) is 6.42 Å². The second kappa shape index (κ2) is 5.32. The zero-order chi connectivity index (χ0) is 12.2. The normalized spacial score (nSPS) is 29.8. The predicted octanol–water partition coefficient (Wildman–Crippen LogP) is 1.94. The largest absolute Gasteiger partial charge is 0.480 e. The smallest absolute Gasteiger partial charge is 0.329 e. The van der Waals surface area contributed by atoms with Gasteiger partial charge < -0.3 is 10.4 Å². The first-order chi connectivity index (χ1) is 7.50. The van der Waals surface area contributed by atoms with Crippen molar-refractivity contribution in [3.63, 3.8) is 0 Å². The molecule has 92 valence electrons.